The standard InChI is InChI=1S/C14H26N2O3/c1-14(2,3)19-13(17)16-8-10(4-6-15)11-5-7-18-9-12(11)16/h10-12H,4-9,15H2,1-3H3. The second-order valence-corrected chi connectivity index (χ2v) is 6.56. The quantitative estimate of drug-likeness (QED) is 0.828. The molecular weight excluding hydrogens is 244 g/mol. The van der Waals surface area contributed by atoms with E-state index >= 15 is 0 Å². The van der Waals surface area contributed by atoms with Crippen LogP contribution in [0, 0.1) is 11.8 Å². The molecule has 2 N–H and O–H groups in total. The van der Waals surface area contributed by atoms with E-state index in [1.54, 1.807) is 0 Å². The Hall–Kier alpha value is -0.810. The molecule has 0 radical (unpaired) electrons. The van der Waals surface area contributed by atoms with Crippen molar-refractivity contribution >= 4 is 6.09 Å². The average Bonchev–Trinajstić information content (AvgIpc) is 2.67. The Balaban J connectivity index is 2.06. The lowest BCUT2D eigenvalue weighted by molar-refractivity contribution is -0.0120. The predicted molar refractivity (Wildman–Crippen MR) is 72.8 cm³/mol. The minimum atomic E-state index is -0.450. The first kappa shape index (κ1) is 14.6. The van der Waals surface area contributed by atoms with Crippen LogP contribution >= 0.6 is 0 Å². The SMILES string of the molecule is CC(C)(C)OC(=O)N1CC(CCN)C2CCOCC21. The van der Waals surface area contributed by atoms with Gasteiger partial charge in [0.15, 0.2) is 0 Å². The Bertz CT molecular complexity index is 327. The number of hydrogen-bond acceptors (Lipinski definition) is 4. The highest BCUT2D eigenvalue weighted by molar-refractivity contribution is 5.69. The Morgan fingerprint density at radius 1 is 1.47 bits per heavy atom. The topological polar surface area (TPSA) is 64.8 Å². The van der Waals surface area contributed by atoms with Gasteiger partial charge in [-0.25, -0.2) is 4.79 Å². The van der Waals surface area contributed by atoms with Crippen molar-refractivity contribution in [2.24, 2.45) is 17.6 Å². The monoisotopic (exact) mass is 270 g/mol. The maximum absolute atomic E-state index is 12.3. The van der Waals surface area contributed by atoms with Crippen LogP contribution in [0.25, 0.3) is 0 Å². The highest BCUT2D eigenvalue weighted by Gasteiger charge is 2.46. The van der Waals surface area contributed by atoms with Crippen LogP contribution in [0.5, 0.6) is 0 Å². The summed E-state index contributed by atoms with van der Waals surface area (Å²) in [5, 5.41) is 0. The highest BCUT2D eigenvalue weighted by Crippen LogP contribution is 2.37. The number of nitrogens with zero attached hydrogens (tertiary/aromatic N) is 1. The largest absolute Gasteiger partial charge is 0.444 e. The van der Waals surface area contributed by atoms with Gasteiger partial charge in [0.2, 0.25) is 0 Å². The molecule has 0 spiro atoms. The van der Waals surface area contributed by atoms with Crippen LogP contribution in [-0.2, 0) is 9.47 Å². The van der Waals surface area contributed by atoms with Crippen LogP contribution in [0.2, 0.25) is 0 Å². The Morgan fingerprint density at radius 3 is 2.84 bits per heavy atom. The Morgan fingerprint density at radius 2 is 2.21 bits per heavy atom. The molecule has 2 saturated heterocycles. The van der Waals surface area contributed by atoms with Gasteiger partial charge in [0.05, 0.1) is 12.6 Å². The van der Waals surface area contributed by atoms with E-state index in [1.165, 1.54) is 0 Å². The van der Waals surface area contributed by atoms with Gasteiger partial charge in [0, 0.05) is 13.2 Å². The molecule has 0 aromatic rings. The molecule has 2 rings (SSSR count). The van der Waals surface area contributed by atoms with Gasteiger partial charge in [-0.1, -0.05) is 0 Å². The van der Waals surface area contributed by atoms with Crippen molar-refractivity contribution in [3.8, 4) is 0 Å². The molecule has 2 aliphatic heterocycles. The molecule has 5 heteroatoms. The lowest BCUT2D eigenvalue weighted by Gasteiger charge is -2.33. The van der Waals surface area contributed by atoms with Crippen molar-refractivity contribution in [2.45, 2.75) is 45.3 Å². The van der Waals surface area contributed by atoms with Gasteiger partial charge in [0.1, 0.15) is 5.60 Å². The number of likely N-dealkylation sites (tertiary alicyclic amines) is 1. The van der Waals surface area contributed by atoms with Gasteiger partial charge in [-0.05, 0) is 52.0 Å². The van der Waals surface area contributed by atoms with Crippen molar-refractivity contribution in [2.75, 3.05) is 26.3 Å². The van der Waals surface area contributed by atoms with Gasteiger partial charge >= 0.3 is 6.09 Å². The van der Waals surface area contributed by atoms with Crippen LogP contribution in [-0.4, -0.2) is 48.9 Å². The summed E-state index contributed by atoms with van der Waals surface area (Å²) >= 11 is 0. The first-order valence-corrected chi connectivity index (χ1v) is 7.20. The van der Waals surface area contributed by atoms with Crippen LogP contribution in [0.3, 0.4) is 0 Å². The lowest BCUT2D eigenvalue weighted by atomic mass is 9.85. The normalized spacial score (nSPS) is 31.2. The summed E-state index contributed by atoms with van der Waals surface area (Å²) in [5.74, 6) is 1.01. The van der Waals surface area contributed by atoms with Crippen LogP contribution in [0.15, 0.2) is 0 Å². The Labute approximate surface area is 115 Å². The van der Waals surface area contributed by atoms with E-state index in [-0.39, 0.29) is 12.1 Å². The molecule has 0 aromatic carbocycles. The number of rotatable bonds is 2. The number of carbonyl (C=O) groups is 1. The summed E-state index contributed by atoms with van der Waals surface area (Å²) < 4.78 is 11.0. The highest BCUT2D eigenvalue weighted by atomic mass is 16.6. The molecule has 0 aromatic heterocycles. The van der Waals surface area contributed by atoms with Gasteiger partial charge < -0.3 is 20.1 Å². The third kappa shape index (κ3) is 3.39. The molecule has 3 unspecified atom stereocenters. The summed E-state index contributed by atoms with van der Waals surface area (Å²) in [6.45, 7) is 8.55. The van der Waals surface area contributed by atoms with E-state index in [1.807, 2.05) is 25.7 Å². The second kappa shape index (κ2) is 5.67. The molecule has 0 bridgehead atoms. The van der Waals surface area contributed by atoms with E-state index < -0.39 is 5.60 Å². The summed E-state index contributed by atoms with van der Waals surface area (Å²) in [6.07, 6.45) is 1.78. The summed E-state index contributed by atoms with van der Waals surface area (Å²) in [6, 6.07) is 0.167. The van der Waals surface area contributed by atoms with Crippen LogP contribution in [0.4, 0.5) is 4.79 Å². The van der Waals surface area contributed by atoms with Crippen molar-refractivity contribution in [1.82, 2.24) is 4.90 Å². The molecule has 1 amide bonds. The number of amides is 1. The number of carbonyl (C=O) groups excluding carboxylic acids is 1. The molecule has 5 nitrogen and oxygen atoms in total. The van der Waals surface area contributed by atoms with Crippen molar-refractivity contribution in [1.29, 1.82) is 0 Å². The van der Waals surface area contributed by atoms with Crippen molar-refractivity contribution in [3.05, 3.63) is 0 Å². The van der Waals surface area contributed by atoms with Gasteiger partial charge in [0.25, 0.3) is 0 Å². The first-order chi connectivity index (χ1) is 8.92. The first-order valence-electron chi connectivity index (χ1n) is 7.20. The Kier molecular flexibility index (Phi) is 4.36. The van der Waals surface area contributed by atoms with E-state index in [0.29, 0.717) is 25.0 Å². The molecule has 0 aliphatic carbocycles. The van der Waals surface area contributed by atoms with Gasteiger partial charge in [-0.15, -0.1) is 0 Å². The third-order valence-corrected chi connectivity index (χ3v) is 3.98. The minimum Gasteiger partial charge on any atom is -0.444 e. The van der Waals surface area contributed by atoms with Crippen molar-refractivity contribution < 1.29 is 14.3 Å². The fourth-order valence-corrected chi connectivity index (χ4v) is 3.18. The smallest absolute Gasteiger partial charge is 0.410 e. The molecular formula is C14H26N2O3. The van der Waals surface area contributed by atoms with Crippen LogP contribution < -0.4 is 5.73 Å². The zero-order valence-corrected chi connectivity index (χ0v) is 12.2. The molecule has 3 atom stereocenters. The van der Waals surface area contributed by atoms with E-state index in [0.717, 1.165) is 26.0 Å². The second-order valence-electron chi connectivity index (χ2n) is 6.56. The van der Waals surface area contributed by atoms with E-state index in [2.05, 4.69) is 0 Å². The fraction of sp³-hybridized carbons (Fsp3) is 0.929. The summed E-state index contributed by atoms with van der Waals surface area (Å²) in [7, 11) is 0. The third-order valence-electron chi connectivity index (χ3n) is 3.98. The van der Waals surface area contributed by atoms with E-state index in [4.69, 9.17) is 15.2 Å². The molecule has 19 heavy (non-hydrogen) atoms. The summed E-state index contributed by atoms with van der Waals surface area (Å²) in [4.78, 5) is 14.1. The maximum atomic E-state index is 12.3. The maximum Gasteiger partial charge on any atom is 0.410 e. The van der Waals surface area contributed by atoms with Gasteiger partial charge in [-0.3, -0.25) is 0 Å². The predicted octanol–water partition coefficient (Wildman–Crippen LogP) is 1.61. The van der Waals surface area contributed by atoms with E-state index in [9.17, 15) is 4.79 Å². The number of ether oxygens (including phenoxy) is 2. The number of fused-ring (bicyclic) bond motifs is 1. The molecule has 2 aliphatic rings. The van der Waals surface area contributed by atoms with Crippen LogP contribution in [0.1, 0.15) is 33.6 Å². The molecule has 110 valence electrons. The van der Waals surface area contributed by atoms with Gasteiger partial charge in [-0.2, -0.15) is 0 Å². The minimum absolute atomic E-state index is 0.167. The average molecular weight is 270 g/mol. The molecule has 2 heterocycles. The summed E-state index contributed by atoms with van der Waals surface area (Å²) in [5.41, 5.74) is 5.24. The zero-order chi connectivity index (χ0) is 14.0. The molecule has 2 fully saturated rings. The number of nitrogens with two attached hydrogens (primary N) is 1. The lowest BCUT2D eigenvalue weighted by Crippen LogP contribution is -2.45. The number of hydrogen-bond donors (Lipinski definition) is 1. The zero-order valence-electron chi connectivity index (χ0n) is 12.2. The fourth-order valence-electron chi connectivity index (χ4n) is 3.18. The van der Waals surface area contributed by atoms with Crippen molar-refractivity contribution in [3.63, 3.8) is 0 Å². The molecule has 0 saturated carbocycles.